The number of non-ortho nitro benzene ring substituents is 1. The molecule has 2 rings (SSSR count). The highest BCUT2D eigenvalue weighted by atomic mass is 16.6. The second kappa shape index (κ2) is 7.65. The topological polar surface area (TPSA) is 90.7 Å². The summed E-state index contributed by atoms with van der Waals surface area (Å²) in [5, 5.41) is 13.6. The molecular weight excluding hydrogens is 324 g/mol. The second-order valence-corrected chi connectivity index (χ2v) is 6.37. The van der Waals surface area contributed by atoms with E-state index in [4.69, 9.17) is 9.47 Å². The van der Waals surface area contributed by atoms with Crippen molar-refractivity contribution in [3.8, 4) is 5.75 Å². The van der Waals surface area contributed by atoms with E-state index < -0.39 is 16.6 Å². The number of nitrogens with zero attached hydrogens (tertiary/aromatic N) is 1. The van der Waals surface area contributed by atoms with E-state index in [-0.39, 0.29) is 23.7 Å². The standard InChI is InChI=1S/C18H20N2O5/c1-18(2,3)25-17(21)19-14-9-15(20(22)23)11-16(10-14)24-12-13-7-5-4-6-8-13/h4-11H,12H2,1-3H3,(H,19,21). The Labute approximate surface area is 145 Å². The maximum atomic E-state index is 11.9. The van der Waals surface area contributed by atoms with Crippen LogP contribution in [-0.2, 0) is 11.3 Å². The van der Waals surface area contributed by atoms with Crippen LogP contribution in [0.15, 0.2) is 48.5 Å². The Hall–Kier alpha value is -3.09. The number of hydrogen-bond acceptors (Lipinski definition) is 5. The quantitative estimate of drug-likeness (QED) is 0.636. The molecule has 7 nitrogen and oxygen atoms in total. The molecule has 0 spiro atoms. The molecule has 25 heavy (non-hydrogen) atoms. The van der Waals surface area contributed by atoms with Gasteiger partial charge in [0.1, 0.15) is 18.0 Å². The number of rotatable bonds is 5. The first-order chi connectivity index (χ1) is 11.7. The number of nitro groups is 1. The third-order valence-electron chi connectivity index (χ3n) is 3.00. The number of anilines is 1. The molecule has 0 saturated carbocycles. The number of carbonyl (C=O) groups is 1. The Balaban J connectivity index is 2.15. The van der Waals surface area contributed by atoms with Crippen LogP contribution < -0.4 is 10.1 Å². The third-order valence-corrected chi connectivity index (χ3v) is 3.00. The van der Waals surface area contributed by atoms with Gasteiger partial charge in [-0.05, 0) is 26.3 Å². The summed E-state index contributed by atoms with van der Waals surface area (Å²) >= 11 is 0. The van der Waals surface area contributed by atoms with Crippen LogP contribution in [0.25, 0.3) is 0 Å². The van der Waals surface area contributed by atoms with Crippen LogP contribution in [0, 0.1) is 10.1 Å². The van der Waals surface area contributed by atoms with Crippen LogP contribution in [0.3, 0.4) is 0 Å². The number of hydrogen-bond donors (Lipinski definition) is 1. The smallest absolute Gasteiger partial charge is 0.412 e. The lowest BCUT2D eigenvalue weighted by Gasteiger charge is -2.19. The molecule has 0 bridgehead atoms. The van der Waals surface area contributed by atoms with Crippen LogP contribution in [-0.4, -0.2) is 16.6 Å². The zero-order valence-corrected chi connectivity index (χ0v) is 14.3. The summed E-state index contributed by atoms with van der Waals surface area (Å²) in [4.78, 5) is 22.4. The fourth-order valence-electron chi connectivity index (χ4n) is 2.01. The van der Waals surface area contributed by atoms with Gasteiger partial charge in [-0.3, -0.25) is 15.4 Å². The van der Waals surface area contributed by atoms with Gasteiger partial charge in [-0.25, -0.2) is 4.79 Å². The van der Waals surface area contributed by atoms with E-state index in [0.717, 1.165) is 5.56 Å². The normalized spacial score (nSPS) is 10.8. The number of nitro benzene ring substituents is 1. The maximum absolute atomic E-state index is 11.9. The second-order valence-electron chi connectivity index (χ2n) is 6.37. The molecule has 0 saturated heterocycles. The Kier molecular flexibility index (Phi) is 5.59. The van der Waals surface area contributed by atoms with Gasteiger partial charge in [-0.2, -0.15) is 0 Å². The molecule has 1 amide bonds. The van der Waals surface area contributed by atoms with Crippen LogP contribution in [0.1, 0.15) is 26.3 Å². The van der Waals surface area contributed by atoms with Crippen molar-refractivity contribution in [3.63, 3.8) is 0 Å². The molecule has 0 fully saturated rings. The summed E-state index contributed by atoms with van der Waals surface area (Å²) in [6.45, 7) is 5.45. The van der Waals surface area contributed by atoms with E-state index in [1.54, 1.807) is 20.8 Å². The number of nitrogens with one attached hydrogen (secondary N) is 1. The summed E-state index contributed by atoms with van der Waals surface area (Å²) in [6.07, 6.45) is -0.693. The third kappa shape index (κ3) is 6.14. The molecule has 132 valence electrons. The Morgan fingerprint density at radius 1 is 1.16 bits per heavy atom. The summed E-state index contributed by atoms with van der Waals surface area (Å²) < 4.78 is 10.8. The van der Waals surface area contributed by atoms with Crippen LogP contribution in [0.4, 0.5) is 16.2 Å². The lowest BCUT2D eigenvalue weighted by molar-refractivity contribution is -0.384. The molecular formula is C18H20N2O5. The molecule has 0 aliphatic rings. The summed E-state index contributed by atoms with van der Waals surface area (Å²) in [5.41, 5.74) is 0.302. The van der Waals surface area contributed by atoms with Crippen LogP contribution in [0.2, 0.25) is 0 Å². The molecule has 0 atom stereocenters. The van der Waals surface area contributed by atoms with Gasteiger partial charge in [-0.15, -0.1) is 0 Å². The molecule has 0 aliphatic carbocycles. The highest BCUT2D eigenvalue weighted by Crippen LogP contribution is 2.27. The van der Waals surface area contributed by atoms with Crippen LogP contribution >= 0.6 is 0 Å². The molecule has 0 heterocycles. The van der Waals surface area contributed by atoms with Crippen molar-refractivity contribution in [3.05, 3.63) is 64.2 Å². The predicted octanol–water partition coefficient (Wildman–Crippen LogP) is 4.52. The van der Waals surface area contributed by atoms with Crippen molar-refractivity contribution in [2.24, 2.45) is 0 Å². The molecule has 0 unspecified atom stereocenters. The Morgan fingerprint density at radius 2 is 1.84 bits per heavy atom. The monoisotopic (exact) mass is 344 g/mol. The van der Waals surface area contributed by atoms with Gasteiger partial charge in [0, 0.05) is 12.1 Å². The summed E-state index contributed by atoms with van der Waals surface area (Å²) in [7, 11) is 0. The van der Waals surface area contributed by atoms with Crippen molar-refractivity contribution < 1.29 is 19.2 Å². The maximum Gasteiger partial charge on any atom is 0.412 e. The van der Waals surface area contributed by atoms with Crippen molar-refractivity contribution in [1.82, 2.24) is 0 Å². The van der Waals surface area contributed by atoms with E-state index in [0.29, 0.717) is 0 Å². The van der Waals surface area contributed by atoms with Gasteiger partial charge in [0.15, 0.2) is 0 Å². The highest BCUT2D eigenvalue weighted by Gasteiger charge is 2.18. The molecule has 2 aromatic rings. The predicted molar refractivity (Wildman–Crippen MR) is 93.7 cm³/mol. The lowest BCUT2D eigenvalue weighted by atomic mass is 10.2. The molecule has 1 N–H and O–H groups in total. The zero-order valence-electron chi connectivity index (χ0n) is 14.3. The number of ether oxygens (including phenoxy) is 2. The van der Waals surface area contributed by atoms with E-state index in [2.05, 4.69) is 5.32 Å². The van der Waals surface area contributed by atoms with Gasteiger partial charge in [0.05, 0.1) is 16.7 Å². The highest BCUT2D eigenvalue weighted by molar-refractivity contribution is 5.85. The first kappa shape index (κ1) is 18.3. The first-order valence-electron chi connectivity index (χ1n) is 7.69. The molecule has 0 radical (unpaired) electrons. The first-order valence-corrected chi connectivity index (χ1v) is 7.69. The summed E-state index contributed by atoms with van der Waals surface area (Å²) in [6, 6.07) is 13.5. The minimum Gasteiger partial charge on any atom is -0.489 e. The number of carbonyl (C=O) groups excluding carboxylic acids is 1. The van der Waals surface area contributed by atoms with Gasteiger partial charge < -0.3 is 9.47 Å². The van der Waals surface area contributed by atoms with Gasteiger partial charge >= 0.3 is 6.09 Å². The summed E-state index contributed by atoms with van der Waals surface area (Å²) in [5.74, 6) is 0.282. The number of benzene rings is 2. The van der Waals surface area contributed by atoms with Crippen molar-refractivity contribution in [1.29, 1.82) is 0 Å². The average molecular weight is 344 g/mol. The molecule has 2 aromatic carbocycles. The fraction of sp³-hybridized carbons (Fsp3) is 0.278. The molecule has 7 heteroatoms. The average Bonchev–Trinajstić information content (AvgIpc) is 2.51. The lowest BCUT2D eigenvalue weighted by Crippen LogP contribution is -2.27. The Bertz CT molecular complexity index is 754. The van der Waals surface area contributed by atoms with Crippen molar-refractivity contribution >= 4 is 17.5 Å². The van der Waals surface area contributed by atoms with Gasteiger partial charge in [-0.1, -0.05) is 30.3 Å². The van der Waals surface area contributed by atoms with Crippen LogP contribution in [0.5, 0.6) is 5.75 Å². The number of amides is 1. The zero-order chi connectivity index (χ0) is 18.4. The molecule has 0 aliphatic heterocycles. The van der Waals surface area contributed by atoms with Gasteiger partial charge in [0.25, 0.3) is 5.69 Å². The van der Waals surface area contributed by atoms with E-state index in [1.165, 1.54) is 18.2 Å². The van der Waals surface area contributed by atoms with E-state index >= 15 is 0 Å². The van der Waals surface area contributed by atoms with Crippen molar-refractivity contribution in [2.45, 2.75) is 33.0 Å². The minimum absolute atomic E-state index is 0.184. The Morgan fingerprint density at radius 3 is 2.44 bits per heavy atom. The molecule has 0 aromatic heterocycles. The van der Waals surface area contributed by atoms with Gasteiger partial charge in [0.2, 0.25) is 0 Å². The fourth-order valence-corrected chi connectivity index (χ4v) is 2.01. The van der Waals surface area contributed by atoms with E-state index in [1.807, 2.05) is 30.3 Å². The minimum atomic E-state index is -0.693. The van der Waals surface area contributed by atoms with E-state index in [9.17, 15) is 14.9 Å². The van der Waals surface area contributed by atoms with Crippen molar-refractivity contribution in [2.75, 3.05) is 5.32 Å². The largest absolute Gasteiger partial charge is 0.489 e. The SMILES string of the molecule is CC(C)(C)OC(=O)Nc1cc(OCc2ccccc2)cc([N+](=O)[O-])c1.